The van der Waals surface area contributed by atoms with E-state index in [1.165, 1.54) is 18.1 Å². The molecule has 0 amide bonds. The van der Waals surface area contributed by atoms with Gasteiger partial charge in [0.15, 0.2) is 0 Å². The molecular weight excluding hydrogens is 170 g/mol. The first-order valence-electron chi connectivity index (χ1n) is 3.25. The van der Waals surface area contributed by atoms with Crippen molar-refractivity contribution in [3.05, 3.63) is 0 Å². The first-order chi connectivity index (χ1) is 4.27. The molecule has 0 N–H and O–H groups in total. The highest BCUT2D eigenvalue weighted by molar-refractivity contribution is 6.44. The molecule has 52 valence electrons. The van der Waals surface area contributed by atoms with Crippen molar-refractivity contribution in [2.45, 2.75) is 35.8 Å². The second-order valence-corrected chi connectivity index (χ2v) is 3.88. The second kappa shape index (κ2) is 7.22. The van der Waals surface area contributed by atoms with Crippen LogP contribution in [-0.4, -0.2) is 21.1 Å². The summed E-state index contributed by atoms with van der Waals surface area (Å²) in [7, 11) is 0. The van der Waals surface area contributed by atoms with E-state index >= 15 is 0 Å². The fraction of sp³-hybridized carbons (Fsp3) is 1.00. The summed E-state index contributed by atoms with van der Waals surface area (Å²) >= 11 is 13.7. The zero-order chi connectivity index (χ0) is 7.11. The van der Waals surface area contributed by atoms with Crippen molar-refractivity contribution in [3.8, 4) is 0 Å². The van der Waals surface area contributed by atoms with Gasteiger partial charge in [0.25, 0.3) is 0 Å². The quantitative estimate of drug-likeness (QED) is 0.347. The molecule has 0 aliphatic heterocycles. The lowest BCUT2D eigenvalue weighted by Gasteiger charge is -1.98. The van der Waals surface area contributed by atoms with Gasteiger partial charge in [0, 0.05) is 0 Å². The molecule has 0 unspecified atom stereocenters. The normalized spacial score (nSPS) is 10.6. The molecular formula is C6H11AlCl2. The van der Waals surface area contributed by atoms with Crippen molar-refractivity contribution in [1.29, 1.82) is 0 Å². The number of hydrogen-bond acceptors (Lipinski definition) is 0. The van der Waals surface area contributed by atoms with E-state index in [4.69, 9.17) is 23.2 Å². The molecule has 0 bridgehead atoms. The average Bonchev–Trinajstić information content (AvgIpc) is 1.80. The monoisotopic (exact) mass is 180 g/mol. The predicted octanol–water partition coefficient (Wildman–Crippen LogP) is 2.94. The van der Waals surface area contributed by atoms with Crippen molar-refractivity contribution >= 4 is 39.5 Å². The molecule has 0 rings (SSSR count). The molecule has 0 atom stereocenters. The number of rotatable bonds is 5. The molecule has 0 fully saturated rings. The summed E-state index contributed by atoms with van der Waals surface area (Å²) < 4.78 is 0. The Kier molecular flexibility index (Phi) is 8.11. The molecule has 0 aromatic carbocycles. The summed E-state index contributed by atoms with van der Waals surface area (Å²) in [4.78, 5) is -0.158. The largest absolute Gasteiger partial charge is 0.118 e. The van der Waals surface area contributed by atoms with E-state index < -0.39 is 0 Å². The molecule has 0 aromatic rings. The zero-order valence-electron chi connectivity index (χ0n) is 5.45. The molecule has 9 heavy (non-hydrogen) atoms. The molecule has 0 saturated carbocycles. The lowest BCUT2D eigenvalue weighted by Crippen LogP contribution is -1.86. The minimum Gasteiger partial charge on any atom is -0.118 e. The number of hydrogen-bond donors (Lipinski definition) is 0. The van der Waals surface area contributed by atoms with E-state index in [1.54, 1.807) is 0 Å². The maximum atomic E-state index is 5.52. The Morgan fingerprint density at radius 1 is 1.11 bits per heavy atom. The van der Waals surface area contributed by atoms with Crippen LogP contribution in [0, 0.1) is 0 Å². The maximum Gasteiger partial charge on any atom is 0.118 e. The van der Waals surface area contributed by atoms with Gasteiger partial charge in [-0.05, 0) is 6.42 Å². The highest BCUT2D eigenvalue weighted by Gasteiger charge is 1.95. The van der Waals surface area contributed by atoms with Crippen molar-refractivity contribution in [2.75, 3.05) is 0 Å². The minimum atomic E-state index is -0.158. The Morgan fingerprint density at radius 3 is 2.22 bits per heavy atom. The summed E-state index contributed by atoms with van der Waals surface area (Å²) in [6.45, 7) is 0. The number of unbranched alkanes of at least 4 members (excludes halogenated alkanes) is 2. The Labute approximate surface area is 75.3 Å². The molecule has 3 heteroatoms. The van der Waals surface area contributed by atoms with E-state index in [1.807, 2.05) is 0 Å². The summed E-state index contributed by atoms with van der Waals surface area (Å²) in [5.41, 5.74) is 0. The molecule has 0 aromatic heterocycles. The van der Waals surface area contributed by atoms with Gasteiger partial charge in [0.05, 0.1) is 0 Å². The van der Waals surface area contributed by atoms with Crippen LogP contribution in [-0.2, 0) is 0 Å². The van der Waals surface area contributed by atoms with Crippen LogP contribution in [0.4, 0.5) is 0 Å². The van der Waals surface area contributed by atoms with E-state index in [2.05, 4.69) is 16.3 Å². The van der Waals surface area contributed by atoms with Gasteiger partial charge in [-0.25, -0.2) is 0 Å². The number of alkyl halides is 2. The van der Waals surface area contributed by atoms with Crippen molar-refractivity contribution in [2.24, 2.45) is 0 Å². The van der Waals surface area contributed by atoms with Gasteiger partial charge in [-0.15, -0.1) is 28.5 Å². The van der Waals surface area contributed by atoms with Crippen LogP contribution >= 0.6 is 23.2 Å². The van der Waals surface area contributed by atoms with Gasteiger partial charge in [-0.3, -0.25) is 0 Å². The van der Waals surface area contributed by atoms with Gasteiger partial charge in [0.1, 0.15) is 21.1 Å². The fourth-order valence-electron chi connectivity index (χ4n) is 0.620. The third-order valence-corrected chi connectivity index (χ3v) is 1.97. The smallest absolute Gasteiger partial charge is 0.118 e. The van der Waals surface area contributed by atoms with Crippen LogP contribution in [0.3, 0.4) is 0 Å². The van der Waals surface area contributed by atoms with Gasteiger partial charge in [0.2, 0.25) is 0 Å². The van der Waals surface area contributed by atoms with Crippen molar-refractivity contribution < 1.29 is 0 Å². The molecule has 2 radical (unpaired) electrons. The van der Waals surface area contributed by atoms with Crippen LogP contribution in [0.2, 0.25) is 5.28 Å². The second-order valence-electron chi connectivity index (χ2n) is 2.03. The minimum absolute atomic E-state index is 0.158. The molecule has 0 spiro atoms. The van der Waals surface area contributed by atoms with Crippen LogP contribution in [0.1, 0.15) is 25.7 Å². The standard InChI is InChI=1S/C6H11Cl2.Al/c1-2-3-4-5-6(7)8;/h6H,1-5H2;. The van der Waals surface area contributed by atoms with Crippen LogP contribution in [0.25, 0.3) is 0 Å². The summed E-state index contributed by atoms with van der Waals surface area (Å²) in [5, 5.41) is 1.19. The van der Waals surface area contributed by atoms with Gasteiger partial charge in [-0.2, -0.15) is 0 Å². The Bertz CT molecular complexity index is 57.0. The van der Waals surface area contributed by atoms with E-state index in [0.29, 0.717) is 0 Å². The van der Waals surface area contributed by atoms with E-state index in [9.17, 15) is 0 Å². The van der Waals surface area contributed by atoms with Crippen LogP contribution in [0.15, 0.2) is 0 Å². The summed E-state index contributed by atoms with van der Waals surface area (Å²) in [5.74, 6) is 0. The third kappa shape index (κ3) is 9.11. The van der Waals surface area contributed by atoms with E-state index in [0.717, 1.165) is 12.8 Å². The molecule has 0 aliphatic carbocycles. The molecule has 0 heterocycles. The lowest BCUT2D eigenvalue weighted by atomic mass is 10.2. The molecule has 0 saturated heterocycles. The van der Waals surface area contributed by atoms with Gasteiger partial charge < -0.3 is 0 Å². The molecule has 0 nitrogen and oxygen atoms in total. The van der Waals surface area contributed by atoms with Crippen molar-refractivity contribution in [3.63, 3.8) is 0 Å². The van der Waals surface area contributed by atoms with Crippen LogP contribution < -0.4 is 0 Å². The topological polar surface area (TPSA) is 0 Å². The van der Waals surface area contributed by atoms with Crippen LogP contribution in [0.5, 0.6) is 0 Å². The Balaban J connectivity index is 2.75. The predicted molar refractivity (Wildman–Crippen MR) is 44.5 cm³/mol. The highest BCUT2D eigenvalue weighted by atomic mass is 35.5. The summed E-state index contributed by atoms with van der Waals surface area (Å²) in [6.07, 6.45) is 4.62. The lowest BCUT2D eigenvalue weighted by molar-refractivity contribution is 0.692. The average molecular weight is 181 g/mol. The fourth-order valence-corrected chi connectivity index (χ4v) is 1.22. The third-order valence-electron chi connectivity index (χ3n) is 1.13. The SMILES string of the molecule is [Al][CH2]CCCCC(Cl)Cl. The zero-order valence-corrected chi connectivity index (χ0v) is 8.11. The first-order valence-corrected chi connectivity index (χ1v) is 4.94. The highest BCUT2D eigenvalue weighted by Crippen LogP contribution is 2.12. The van der Waals surface area contributed by atoms with E-state index in [-0.39, 0.29) is 4.84 Å². The van der Waals surface area contributed by atoms with Crippen molar-refractivity contribution in [1.82, 2.24) is 0 Å². The first kappa shape index (κ1) is 10.1. The summed E-state index contributed by atoms with van der Waals surface area (Å²) in [6, 6.07) is 0. The van der Waals surface area contributed by atoms with Gasteiger partial charge >= 0.3 is 0 Å². The Morgan fingerprint density at radius 2 is 1.78 bits per heavy atom. The van der Waals surface area contributed by atoms with Gasteiger partial charge in [-0.1, -0.05) is 19.3 Å². The molecule has 0 aliphatic rings. The Hall–Kier alpha value is 1.11. The maximum absolute atomic E-state index is 5.52. The number of halogens is 2.